The summed E-state index contributed by atoms with van der Waals surface area (Å²) in [4.78, 5) is 15.9. The van der Waals surface area contributed by atoms with E-state index in [-0.39, 0.29) is 0 Å². The lowest BCUT2D eigenvalue weighted by molar-refractivity contribution is -0.113. The third-order valence-corrected chi connectivity index (χ3v) is 4.63. The highest BCUT2D eigenvalue weighted by atomic mass is 32.2. The van der Waals surface area contributed by atoms with Crippen molar-refractivity contribution in [1.29, 1.82) is 0 Å². The highest BCUT2D eigenvalue weighted by molar-refractivity contribution is 7.91. The zero-order valence-electron chi connectivity index (χ0n) is 12.3. The van der Waals surface area contributed by atoms with Crippen LogP contribution in [0, 0.1) is 6.92 Å². The third kappa shape index (κ3) is 3.24. The number of nitrogens with one attached hydrogen (secondary N) is 1. The van der Waals surface area contributed by atoms with Gasteiger partial charge in [-0.25, -0.2) is 8.42 Å². The van der Waals surface area contributed by atoms with Crippen molar-refractivity contribution in [3.63, 3.8) is 0 Å². The quantitative estimate of drug-likeness (QED) is 0.794. The summed E-state index contributed by atoms with van der Waals surface area (Å²) in [7, 11) is -3.94. The van der Waals surface area contributed by atoms with Crippen molar-refractivity contribution in [2.75, 3.05) is 11.1 Å². The molecule has 1 aromatic heterocycles. The van der Waals surface area contributed by atoms with Crippen LogP contribution in [0.1, 0.15) is 5.56 Å². The van der Waals surface area contributed by atoms with E-state index >= 15 is 0 Å². The number of amides is 1. The molecule has 2 aromatic carbocycles. The van der Waals surface area contributed by atoms with Gasteiger partial charge in [0, 0.05) is 5.69 Å². The van der Waals surface area contributed by atoms with Gasteiger partial charge in [-0.3, -0.25) is 4.79 Å². The fraction of sp³-hybridized carbons (Fsp3) is 0.125. The lowest BCUT2D eigenvalue weighted by atomic mass is 10.2. The molecule has 7 heteroatoms. The summed E-state index contributed by atoms with van der Waals surface area (Å²) < 4.78 is 29.8. The summed E-state index contributed by atoms with van der Waals surface area (Å²) in [6.07, 6.45) is 0. The second-order valence-corrected chi connectivity index (χ2v) is 6.94. The van der Waals surface area contributed by atoms with Gasteiger partial charge < -0.3 is 9.73 Å². The molecular formula is C16H14N2O4S. The first-order chi connectivity index (χ1) is 11.0. The van der Waals surface area contributed by atoms with Gasteiger partial charge in [0.15, 0.2) is 5.58 Å². The number of aryl methyl sites for hydroxylation is 1. The minimum absolute atomic E-state index is 0.366. The molecule has 0 atom stereocenters. The van der Waals surface area contributed by atoms with E-state index in [9.17, 15) is 13.2 Å². The van der Waals surface area contributed by atoms with Crippen molar-refractivity contribution in [2.24, 2.45) is 0 Å². The fourth-order valence-corrected chi connectivity index (χ4v) is 3.11. The van der Waals surface area contributed by atoms with Crippen LogP contribution in [-0.2, 0) is 14.6 Å². The van der Waals surface area contributed by atoms with E-state index in [1.165, 1.54) is 0 Å². The van der Waals surface area contributed by atoms with Gasteiger partial charge in [0.05, 0.1) is 0 Å². The number of rotatable bonds is 4. The van der Waals surface area contributed by atoms with E-state index < -0.39 is 26.7 Å². The average molecular weight is 330 g/mol. The summed E-state index contributed by atoms with van der Waals surface area (Å²) >= 11 is 0. The highest BCUT2D eigenvalue weighted by Crippen LogP contribution is 2.20. The molecule has 0 spiro atoms. The molecule has 0 aliphatic rings. The van der Waals surface area contributed by atoms with Crippen LogP contribution in [0.4, 0.5) is 5.69 Å². The molecule has 23 heavy (non-hydrogen) atoms. The second-order valence-electron chi connectivity index (χ2n) is 5.07. The molecule has 3 rings (SSSR count). The lowest BCUT2D eigenvalue weighted by Crippen LogP contribution is -2.23. The first-order valence-electron chi connectivity index (χ1n) is 6.89. The van der Waals surface area contributed by atoms with E-state index in [2.05, 4.69) is 10.3 Å². The number of fused-ring (bicyclic) bond motifs is 1. The zero-order chi connectivity index (χ0) is 16.4. The summed E-state index contributed by atoms with van der Waals surface area (Å²) in [6.45, 7) is 1.82. The highest BCUT2D eigenvalue weighted by Gasteiger charge is 2.25. The maximum absolute atomic E-state index is 12.3. The molecule has 0 radical (unpaired) electrons. The molecule has 0 aliphatic carbocycles. The number of hydrogen-bond acceptors (Lipinski definition) is 5. The summed E-state index contributed by atoms with van der Waals surface area (Å²) in [5.41, 5.74) is 2.22. The molecule has 0 bridgehead atoms. The number of aromatic nitrogens is 1. The van der Waals surface area contributed by atoms with E-state index in [1.54, 1.807) is 36.4 Å². The molecule has 0 saturated heterocycles. The molecule has 3 aromatic rings. The van der Waals surface area contributed by atoms with Crippen molar-refractivity contribution < 1.29 is 17.6 Å². The van der Waals surface area contributed by atoms with Gasteiger partial charge in [0.2, 0.25) is 15.7 Å². The van der Waals surface area contributed by atoms with Gasteiger partial charge in [0.25, 0.3) is 0 Å². The Morgan fingerprint density at radius 3 is 2.57 bits per heavy atom. The Hall–Kier alpha value is -2.67. The monoisotopic (exact) mass is 330 g/mol. The Labute approximate surface area is 133 Å². The molecule has 1 N–H and O–H groups in total. The van der Waals surface area contributed by atoms with Gasteiger partial charge in [-0.15, -0.1) is 0 Å². The Kier molecular flexibility index (Phi) is 3.87. The number of para-hydroxylation sites is 3. The maximum Gasteiger partial charge on any atom is 0.316 e. The van der Waals surface area contributed by atoms with Crippen molar-refractivity contribution in [3.05, 3.63) is 54.1 Å². The minimum Gasteiger partial charge on any atom is -0.428 e. The van der Waals surface area contributed by atoms with E-state index in [0.717, 1.165) is 5.56 Å². The van der Waals surface area contributed by atoms with Crippen LogP contribution in [0.2, 0.25) is 0 Å². The molecule has 0 aliphatic heterocycles. The molecule has 0 unspecified atom stereocenters. The van der Waals surface area contributed by atoms with Crippen molar-refractivity contribution in [3.8, 4) is 0 Å². The number of benzene rings is 2. The molecular weight excluding hydrogens is 316 g/mol. The van der Waals surface area contributed by atoms with E-state index in [4.69, 9.17) is 4.42 Å². The fourth-order valence-electron chi connectivity index (χ4n) is 2.12. The normalized spacial score (nSPS) is 11.5. The Morgan fingerprint density at radius 1 is 1.13 bits per heavy atom. The molecule has 118 valence electrons. The predicted octanol–water partition coefficient (Wildman–Crippen LogP) is 2.55. The minimum atomic E-state index is -3.94. The molecule has 0 fully saturated rings. The number of carbonyl (C=O) groups excluding carboxylic acids is 1. The predicted molar refractivity (Wildman–Crippen MR) is 85.9 cm³/mol. The van der Waals surface area contributed by atoms with Gasteiger partial charge in [-0.2, -0.15) is 4.98 Å². The first kappa shape index (κ1) is 15.2. The number of carbonyl (C=O) groups is 1. The van der Waals surface area contributed by atoms with Crippen LogP contribution >= 0.6 is 0 Å². The maximum atomic E-state index is 12.3. The largest absolute Gasteiger partial charge is 0.428 e. The van der Waals surface area contributed by atoms with Crippen LogP contribution in [0.3, 0.4) is 0 Å². The van der Waals surface area contributed by atoms with E-state index in [1.807, 2.05) is 19.1 Å². The summed E-state index contributed by atoms with van der Waals surface area (Å²) in [6, 6.07) is 13.8. The Balaban J connectivity index is 1.80. The van der Waals surface area contributed by atoms with Crippen LogP contribution in [0.5, 0.6) is 0 Å². The molecule has 0 saturated carbocycles. The van der Waals surface area contributed by atoms with Crippen molar-refractivity contribution >= 4 is 32.5 Å². The molecule has 1 heterocycles. The van der Waals surface area contributed by atoms with Gasteiger partial charge >= 0.3 is 5.22 Å². The summed E-state index contributed by atoms with van der Waals surface area (Å²) in [5, 5.41) is 2.14. The standard InChI is InChI=1S/C16H14N2O4S/c1-11-6-2-3-7-12(11)17-15(19)10-23(20,21)16-18-13-8-4-5-9-14(13)22-16/h2-9H,10H2,1H3,(H,17,19). The van der Waals surface area contributed by atoms with Crippen LogP contribution in [0.25, 0.3) is 11.1 Å². The van der Waals surface area contributed by atoms with Crippen LogP contribution < -0.4 is 5.32 Å². The Bertz CT molecular complexity index is 943. The number of nitrogens with zero attached hydrogens (tertiary/aromatic N) is 1. The smallest absolute Gasteiger partial charge is 0.316 e. The number of oxazole rings is 1. The second kappa shape index (κ2) is 5.85. The Morgan fingerprint density at radius 2 is 1.83 bits per heavy atom. The van der Waals surface area contributed by atoms with Gasteiger partial charge in [-0.05, 0) is 30.7 Å². The number of anilines is 1. The first-order valence-corrected chi connectivity index (χ1v) is 8.55. The van der Waals surface area contributed by atoms with Crippen LogP contribution in [0.15, 0.2) is 58.2 Å². The zero-order valence-corrected chi connectivity index (χ0v) is 13.1. The van der Waals surface area contributed by atoms with Crippen molar-refractivity contribution in [2.45, 2.75) is 12.1 Å². The summed E-state index contributed by atoms with van der Waals surface area (Å²) in [5.74, 6) is -1.37. The topological polar surface area (TPSA) is 89.3 Å². The SMILES string of the molecule is Cc1ccccc1NC(=O)CS(=O)(=O)c1nc2ccccc2o1. The van der Waals surface area contributed by atoms with Crippen LogP contribution in [-0.4, -0.2) is 25.1 Å². The lowest BCUT2D eigenvalue weighted by Gasteiger charge is -2.07. The molecule has 6 nitrogen and oxygen atoms in total. The number of hydrogen-bond donors (Lipinski definition) is 1. The van der Waals surface area contributed by atoms with Gasteiger partial charge in [0.1, 0.15) is 11.3 Å². The molecule has 1 amide bonds. The van der Waals surface area contributed by atoms with E-state index in [0.29, 0.717) is 16.8 Å². The van der Waals surface area contributed by atoms with Gasteiger partial charge in [-0.1, -0.05) is 30.3 Å². The number of sulfone groups is 1. The van der Waals surface area contributed by atoms with Crippen molar-refractivity contribution in [1.82, 2.24) is 4.98 Å². The average Bonchev–Trinajstić information content (AvgIpc) is 2.94. The third-order valence-electron chi connectivity index (χ3n) is 3.28.